The van der Waals surface area contributed by atoms with Crippen LogP contribution in [0.25, 0.3) is 0 Å². The summed E-state index contributed by atoms with van der Waals surface area (Å²) in [5.74, 6) is -0.231. The molecule has 19 heavy (non-hydrogen) atoms. The average molecular weight is 323 g/mol. The normalized spacial score (nSPS) is 14.1. The summed E-state index contributed by atoms with van der Waals surface area (Å²) in [6.07, 6.45) is 3.57. The summed E-state index contributed by atoms with van der Waals surface area (Å²) in [7, 11) is 0. The Bertz CT molecular complexity index is 545. The smallest absolute Gasteiger partial charge is 0.124 e. The van der Waals surface area contributed by atoms with E-state index in [2.05, 4.69) is 40.1 Å². The molecule has 100 valence electrons. The molecule has 0 bridgehead atoms. The van der Waals surface area contributed by atoms with Gasteiger partial charge in [0.25, 0.3) is 0 Å². The highest BCUT2D eigenvalue weighted by Gasteiger charge is 2.13. The second kappa shape index (κ2) is 6.26. The molecule has 0 fully saturated rings. The minimum Gasteiger partial charge on any atom is -0.304 e. The Labute approximate surface area is 121 Å². The van der Waals surface area contributed by atoms with Crippen molar-refractivity contribution in [3.05, 3.63) is 64.1 Å². The lowest BCUT2D eigenvalue weighted by Crippen LogP contribution is -2.22. The Hall–Kier alpha value is -1.26. The van der Waals surface area contributed by atoms with Crippen molar-refractivity contribution in [3.63, 3.8) is 0 Å². The van der Waals surface area contributed by atoms with E-state index in [1.165, 1.54) is 17.7 Å². The molecule has 1 aromatic heterocycles. The Morgan fingerprint density at radius 2 is 1.79 bits per heavy atom. The van der Waals surface area contributed by atoms with Gasteiger partial charge >= 0.3 is 0 Å². The zero-order valence-corrected chi connectivity index (χ0v) is 12.5. The lowest BCUT2D eigenvalue weighted by atomic mass is 10.1. The molecule has 4 heteroatoms. The molecule has 1 heterocycles. The summed E-state index contributed by atoms with van der Waals surface area (Å²) in [6.45, 7) is 4.17. The first-order valence-corrected chi connectivity index (χ1v) is 6.98. The van der Waals surface area contributed by atoms with E-state index in [0.29, 0.717) is 0 Å². The van der Waals surface area contributed by atoms with Gasteiger partial charge in [-0.1, -0.05) is 22.0 Å². The fraction of sp³-hybridized carbons (Fsp3) is 0.267. The first-order valence-electron chi connectivity index (χ1n) is 6.19. The van der Waals surface area contributed by atoms with Crippen molar-refractivity contribution in [1.82, 2.24) is 10.3 Å². The lowest BCUT2D eigenvalue weighted by molar-refractivity contribution is 0.492. The standard InChI is InChI=1S/C15H16BrFN2/c1-10(12-5-7-18-8-6-12)19-11(2)14-4-3-13(17)9-15(14)16/h3-11,19H,1-2H3/t10-,11?/m0/s1. The first kappa shape index (κ1) is 14.2. The van der Waals surface area contributed by atoms with Crippen LogP contribution >= 0.6 is 15.9 Å². The quantitative estimate of drug-likeness (QED) is 0.902. The fourth-order valence-corrected chi connectivity index (χ4v) is 2.76. The number of nitrogens with one attached hydrogen (secondary N) is 1. The van der Waals surface area contributed by atoms with Gasteiger partial charge in [-0.2, -0.15) is 0 Å². The third kappa shape index (κ3) is 3.61. The van der Waals surface area contributed by atoms with Crippen LogP contribution in [0.2, 0.25) is 0 Å². The van der Waals surface area contributed by atoms with Gasteiger partial charge < -0.3 is 5.32 Å². The Morgan fingerprint density at radius 1 is 1.11 bits per heavy atom. The fourth-order valence-electron chi connectivity index (χ4n) is 2.07. The average Bonchev–Trinajstić information content (AvgIpc) is 2.39. The molecule has 1 N–H and O–H groups in total. The lowest BCUT2D eigenvalue weighted by Gasteiger charge is -2.21. The maximum absolute atomic E-state index is 13.1. The van der Waals surface area contributed by atoms with Crippen LogP contribution in [0, 0.1) is 5.82 Å². The van der Waals surface area contributed by atoms with E-state index < -0.39 is 0 Å². The molecule has 0 saturated heterocycles. The van der Waals surface area contributed by atoms with E-state index in [1.54, 1.807) is 18.5 Å². The van der Waals surface area contributed by atoms with Gasteiger partial charge in [0.1, 0.15) is 5.82 Å². The van der Waals surface area contributed by atoms with Crippen LogP contribution < -0.4 is 5.32 Å². The van der Waals surface area contributed by atoms with Crippen LogP contribution in [-0.2, 0) is 0 Å². The third-order valence-corrected chi connectivity index (χ3v) is 3.82. The third-order valence-electron chi connectivity index (χ3n) is 3.14. The molecule has 1 unspecified atom stereocenters. The molecule has 0 aliphatic heterocycles. The van der Waals surface area contributed by atoms with Crippen LogP contribution in [0.1, 0.15) is 37.1 Å². The van der Waals surface area contributed by atoms with Gasteiger partial charge in [-0.25, -0.2) is 4.39 Å². The van der Waals surface area contributed by atoms with Crippen molar-refractivity contribution < 1.29 is 4.39 Å². The van der Waals surface area contributed by atoms with Crippen LogP contribution in [-0.4, -0.2) is 4.98 Å². The number of aromatic nitrogens is 1. The van der Waals surface area contributed by atoms with Crippen LogP contribution in [0.4, 0.5) is 4.39 Å². The van der Waals surface area contributed by atoms with E-state index in [9.17, 15) is 4.39 Å². The molecule has 2 nitrogen and oxygen atoms in total. The van der Waals surface area contributed by atoms with Gasteiger partial charge in [-0.05, 0) is 49.2 Å². The zero-order chi connectivity index (χ0) is 13.8. The topological polar surface area (TPSA) is 24.9 Å². The number of pyridine rings is 1. The van der Waals surface area contributed by atoms with Gasteiger partial charge in [0.05, 0.1) is 0 Å². The molecular weight excluding hydrogens is 307 g/mol. The molecule has 2 aromatic rings. The molecule has 2 rings (SSSR count). The summed E-state index contributed by atoms with van der Waals surface area (Å²) >= 11 is 3.40. The summed E-state index contributed by atoms with van der Waals surface area (Å²) in [6, 6.07) is 9.08. The number of nitrogens with zero attached hydrogens (tertiary/aromatic N) is 1. The van der Waals surface area contributed by atoms with Gasteiger partial charge in [0.2, 0.25) is 0 Å². The van der Waals surface area contributed by atoms with Crippen molar-refractivity contribution in [2.24, 2.45) is 0 Å². The number of benzene rings is 1. The maximum atomic E-state index is 13.1. The number of hydrogen-bond acceptors (Lipinski definition) is 2. The van der Waals surface area contributed by atoms with Gasteiger partial charge in [-0.3, -0.25) is 4.98 Å². The molecule has 0 amide bonds. The minimum absolute atomic E-state index is 0.123. The van der Waals surface area contributed by atoms with Crippen LogP contribution in [0.3, 0.4) is 0 Å². The summed E-state index contributed by atoms with van der Waals surface area (Å²) in [5.41, 5.74) is 2.22. The summed E-state index contributed by atoms with van der Waals surface area (Å²) in [4.78, 5) is 4.01. The van der Waals surface area contributed by atoms with E-state index in [0.717, 1.165) is 10.0 Å². The predicted molar refractivity (Wildman–Crippen MR) is 78.3 cm³/mol. The zero-order valence-electron chi connectivity index (χ0n) is 10.9. The molecular formula is C15H16BrFN2. The minimum atomic E-state index is -0.231. The Balaban J connectivity index is 2.10. The van der Waals surface area contributed by atoms with Crippen LogP contribution in [0.15, 0.2) is 47.2 Å². The van der Waals surface area contributed by atoms with Crippen molar-refractivity contribution in [3.8, 4) is 0 Å². The van der Waals surface area contributed by atoms with E-state index >= 15 is 0 Å². The molecule has 0 spiro atoms. The molecule has 0 aliphatic rings. The maximum Gasteiger partial charge on any atom is 0.124 e. The molecule has 0 aliphatic carbocycles. The van der Waals surface area contributed by atoms with Gasteiger partial charge in [0, 0.05) is 29.0 Å². The van der Waals surface area contributed by atoms with Gasteiger partial charge in [0.15, 0.2) is 0 Å². The monoisotopic (exact) mass is 322 g/mol. The highest BCUT2D eigenvalue weighted by atomic mass is 79.9. The van der Waals surface area contributed by atoms with Crippen molar-refractivity contribution >= 4 is 15.9 Å². The highest BCUT2D eigenvalue weighted by Crippen LogP contribution is 2.26. The van der Waals surface area contributed by atoms with Crippen molar-refractivity contribution in [2.75, 3.05) is 0 Å². The van der Waals surface area contributed by atoms with E-state index in [1.807, 2.05) is 12.1 Å². The van der Waals surface area contributed by atoms with E-state index in [-0.39, 0.29) is 17.9 Å². The second-order valence-electron chi connectivity index (χ2n) is 4.56. The second-order valence-corrected chi connectivity index (χ2v) is 5.41. The predicted octanol–water partition coefficient (Wildman–Crippen LogP) is 4.40. The van der Waals surface area contributed by atoms with Crippen LogP contribution in [0.5, 0.6) is 0 Å². The number of rotatable bonds is 4. The van der Waals surface area contributed by atoms with Gasteiger partial charge in [-0.15, -0.1) is 0 Å². The molecule has 2 atom stereocenters. The molecule has 0 saturated carbocycles. The summed E-state index contributed by atoms with van der Waals surface area (Å²) < 4.78 is 13.9. The Kier molecular flexibility index (Phi) is 4.66. The van der Waals surface area contributed by atoms with Crippen molar-refractivity contribution in [1.29, 1.82) is 0 Å². The Morgan fingerprint density at radius 3 is 2.42 bits per heavy atom. The summed E-state index contributed by atoms with van der Waals surface area (Å²) in [5, 5.41) is 3.49. The first-order chi connectivity index (χ1) is 9.08. The SMILES string of the molecule is CC(N[C@@H](C)c1ccncc1)c1ccc(F)cc1Br. The highest BCUT2D eigenvalue weighted by molar-refractivity contribution is 9.10. The number of hydrogen-bond donors (Lipinski definition) is 1. The largest absolute Gasteiger partial charge is 0.304 e. The molecule has 0 radical (unpaired) electrons. The van der Waals surface area contributed by atoms with Crippen molar-refractivity contribution in [2.45, 2.75) is 25.9 Å². The number of halogens is 2. The molecule has 1 aromatic carbocycles. The van der Waals surface area contributed by atoms with E-state index in [4.69, 9.17) is 0 Å².